The van der Waals surface area contributed by atoms with E-state index in [1.165, 1.54) is 270 Å². The lowest BCUT2D eigenvalue weighted by Crippen LogP contribution is -2.30. The zero-order valence-corrected chi connectivity index (χ0v) is 50.8. The van der Waals surface area contributed by atoms with E-state index in [0.717, 1.165) is 70.6 Å². The molecule has 0 amide bonds. The van der Waals surface area contributed by atoms with Crippen LogP contribution in [0.2, 0.25) is 0 Å². The molecule has 0 spiro atoms. The molecule has 0 rings (SSSR count). The van der Waals surface area contributed by atoms with E-state index in [1.807, 2.05) is 0 Å². The average molecular weight is 1060 g/mol. The fraction of sp³-hybridized carbons (Fsp3) is 0.899. The number of unbranched alkanes of at least 4 members (excludes halogenated alkanes) is 48. The third kappa shape index (κ3) is 62.6. The Bertz CT molecular complexity index is 1210. The van der Waals surface area contributed by atoms with Gasteiger partial charge in [-0.15, -0.1) is 0 Å². The molecule has 1 unspecified atom stereocenters. The first-order valence-corrected chi connectivity index (χ1v) is 33.8. The monoisotopic (exact) mass is 1050 g/mol. The number of ether oxygens (including phenoxy) is 3. The SMILES string of the molecule is CCCCCC/C=C\C/C=C\CCCCCCCCCC(=O)OC(COC(=O)CCCCCCCCCCC)COC(=O)CCCCCCCCCCCCCCCCCCCCCCCCCCCCCCCC. The number of carbonyl (C=O) groups is 3. The number of esters is 3. The first-order chi connectivity index (χ1) is 37.0. The zero-order valence-electron chi connectivity index (χ0n) is 50.8. The van der Waals surface area contributed by atoms with Crippen molar-refractivity contribution >= 4 is 17.9 Å². The molecular weight excluding hydrogens is 925 g/mol. The molecule has 0 bridgehead atoms. The summed E-state index contributed by atoms with van der Waals surface area (Å²) in [6, 6.07) is 0. The van der Waals surface area contributed by atoms with Crippen LogP contribution in [0, 0.1) is 0 Å². The van der Waals surface area contributed by atoms with E-state index in [0.29, 0.717) is 19.3 Å². The van der Waals surface area contributed by atoms with Gasteiger partial charge in [-0.25, -0.2) is 0 Å². The van der Waals surface area contributed by atoms with E-state index in [2.05, 4.69) is 45.1 Å². The number of hydrogen-bond donors (Lipinski definition) is 0. The van der Waals surface area contributed by atoms with Crippen molar-refractivity contribution in [2.45, 2.75) is 386 Å². The largest absolute Gasteiger partial charge is 0.462 e. The maximum absolute atomic E-state index is 12.9. The van der Waals surface area contributed by atoms with E-state index in [1.54, 1.807) is 0 Å². The van der Waals surface area contributed by atoms with Gasteiger partial charge in [0.15, 0.2) is 6.10 Å². The van der Waals surface area contributed by atoms with Gasteiger partial charge in [0.05, 0.1) is 0 Å². The molecule has 442 valence electrons. The number of carbonyl (C=O) groups excluding carboxylic acids is 3. The van der Waals surface area contributed by atoms with Crippen LogP contribution < -0.4 is 0 Å². The summed E-state index contributed by atoms with van der Waals surface area (Å²) < 4.78 is 16.9. The highest BCUT2D eigenvalue weighted by atomic mass is 16.6. The highest BCUT2D eigenvalue weighted by Crippen LogP contribution is 2.18. The molecule has 0 aliphatic carbocycles. The van der Waals surface area contributed by atoms with Gasteiger partial charge in [0.1, 0.15) is 13.2 Å². The van der Waals surface area contributed by atoms with Crippen molar-refractivity contribution in [3.63, 3.8) is 0 Å². The standard InChI is InChI=1S/C69H130O6/c1-4-7-10-13-16-19-21-23-25-27-29-30-31-32-33-34-35-36-37-38-39-40-42-43-45-47-50-53-56-59-62-68(71)74-65-66(64-73-67(70)61-58-55-52-49-18-15-12-9-6-3)75-69(72)63-60-57-54-51-48-46-44-41-28-26-24-22-20-17-14-11-8-5-2/h20,22,26,28,66H,4-19,21,23-25,27,29-65H2,1-3H3/b22-20-,28-26-. The molecule has 75 heavy (non-hydrogen) atoms. The Morgan fingerprint density at radius 2 is 0.480 bits per heavy atom. The van der Waals surface area contributed by atoms with Gasteiger partial charge < -0.3 is 14.2 Å². The minimum atomic E-state index is -0.771. The van der Waals surface area contributed by atoms with Crippen LogP contribution in [0.1, 0.15) is 380 Å². The molecule has 0 aromatic carbocycles. The Hall–Kier alpha value is -2.11. The molecule has 0 saturated carbocycles. The van der Waals surface area contributed by atoms with Crippen LogP contribution in [-0.4, -0.2) is 37.2 Å². The predicted molar refractivity (Wildman–Crippen MR) is 326 cm³/mol. The second kappa shape index (κ2) is 64.4. The second-order valence-corrected chi connectivity index (χ2v) is 23.1. The summed E-state index contributed by atoms with van der Waals surface area (Å²) in [6.45, 7) is 6.66. The molecule has 0 aliphatic rings. The minimum absolute atomic E-state index is 0.0690. The van der Waals surface area contributed by atoms with Crippen molar-refractivity contribution in [2.75, 3.05) is 13.2 Å². The molecule has 6 heteroatoms. The topological polar surface area (TPSA) is 78.9 Å². The third-order valence-corrected chi connectivity index (χ3v) is 15.5. The Labute approximate surface area is 468 Å². The first kappa shape index (κ1) is 72.9. The lowest BCUT2D eigenvalue weighted by atomic mass is 10.0. The highest BCUT2D eigenvalue weighted by molar-refractivity contribution is 5.71. The Morgan fingerprint density at radius 3 is 0.747 bits per heavy atom. The van der Waals surface area contributed by atoms with Crippen molar-refractivity contribution in [2.24, 2.45) is 0 Å². The molecule has 0 N–H and O–H groups in total. The normalized spacial score (nSPS) is 12.1. The smallest absolute Gasteiger partial charge is 0.306 e. The number of hydrogen-bond acceptors (Lipinski definition) is 6. The van der Waals surface area contributed by atoms with Crippen LogP contribution in [0.4, 0.5) is 0 Å². The van der Waals surface area contributed by atoms with Crippen LogP contribution in [0.15, 0.2) is 24.3 Å². The molecule has 0 fully saturated rings. The van der Waals surface area contributed by atoms with Crippen LogP contribution in [0.3, 0.4) is 0 Å². The summed E-state index contributed by atoms with van der Waals surface area (Å²) >= 11 is 0. The van der Waals surface area contributed by atoms with Gasteiger partial charge in [-0.2, -0.15) is 0 Å². The quantitative estimate of drug-likeness (QED) is 0.0261. The number of allylic oxidation sites excluding steroid dienone is 4. The molecule has 0 radical (unpaired) electrons. The lowest BCUT2D eigenvalue weighted by Gasteiger charge is -2.18. The van der Waals surface area contributed by atoms with Crippen molar-refractivity contribution in [1.29, 1.82) is 0 Å². The van der Waals surface area contributed by atoms with Gasteiger partial charge in [-0.1, -0.05) is 334 Å². The Balaban J connectivity index is 4.06. The van der Waals surface area contributed by atoms with Crippen LogP contribution in [0.5, 0.6) is 0 Å². The van der Waals surface area contributed by atoms with Crippen LogP contribution in [-0.2, 0) is 28.6 Å². The van der Waals surface area contributed by atoms with Crippen molar-refractivity contribution in [3.05, 3.63) is 24.3 Å². The summed E-state index contributed by atoms with van der Waals surface area (Å²) in [5, 5.41) is 0. The van der Waals surface area contributed by atoms with Crippen molar-refractivity contribution in [1.82, 2.24) is 0 Å². The third-order valence-electron chi connectivity index (χ3n) is 15.5. The maximum atomic E-state index is 12.9. The molecule has 0 heterocycles. The molecule has 0 aliphatic heterocycles. The van der Waals surface area contributed by atoms with Crippen LogP contribution >= 0.6 is 0 Å². The molecule has 0 saturated heterocycles. The molecule has 0 aromatic heterocycles. The van der Waals surface area contributed by atoms with Gasteiger partial charge in [-0.3, -0.25) is 14.4 Å². The van der Waals surface area contributed by atoms with E-state index in [9.17, 15) is 14.4 Å². The fourth-order valence-electron chi connectivity index (χ4n) is 10.4. The summed E-state index contributed by atoms with van der Waals surface area (Å²) in [6.07, 6.45) is 77.9. The molecule has 1 atom stereocenters. The van der Waals surface area contributed by atoms with Gasteiger partial charge >= 0.3 is 17.9 Å². The first-order valence-electron chi connectivity index (χ1n) is 33.8. The summed E-state index contributed by atoms with van der Waals surface area (Å²) in [5.74, 6) is -0.854. The van der Waals surface area contributed by atoms with E-state index in [4.69, 9.17) is 14.2 Å². The van der Waals surface area contributed by atoms with Gasteiger partial charge in [0.25, 0.3) is 0 Å². The van der Waals surface area contributed by atoms with Gasteiger partial charge in [0, 0.05) is 19.3 Å². The van der Waals surface area contributed by atoms with Crippen molar-refractivity contribution < 1.29 is 28.6 Å². The average Bonchev–Trinajstić information content (AvgIpc) is 3.41. The summed E-state index contributed by atoms with van der Waals surface area (Å²) in [4.78, 5) is 38.2. The highest BCUT2D eigenvalue weighted by Gasteiger charge is 2.19. The molecular formula is C69H130O6. The van der Waals surface area contributed by atoms with Gasteiger partial charge in [-0.05, 0) is 51.4 Å². The van der Waals surface area contributed by atoms with E-state index in [-0.39, 0.29) is 31.1 Å². The van der Waals surface area contributed by atoms with E-state index < -0.39 is 6.10 Å². The number of rotatable bonds is 63. The van der Waals surface area contributed by atoms with Gasteiger partial charge in [0.2, 0.25) is 0 Å². The summed E-state index contributed by atoms with van der Waals surface area (Å²) in [7, 11) is 0. The van der Waals surface area contributed by atoms with E-state index >= 15 is 0 Å². The minimum Gasteiger partial charge on any atom is -0.462 e. The fourth-order valence-corrected chi connectivity index (χ4v) is 10.4. The second-order valence-electron chi connectivity index (χ2n) is 23.1. The molecule has 6 nitrogen and oxygen atoms in total. The van der Waals surface area contributed by atoms with Crippen LogP contribution in [0.25, 0.3) is 0 Å². The maximum Gasteiger partial charge on any atom is 0.306 e. The summed E-state index contributed by atoms with van der Waals surface area (Å²) in [5.41, 5.74) is 0. The van der Waals surface area contributed by atoms with Crippen molar-refractivity contribution in [3.8, 4) is 0 Å². The predicted octanol–water partition coefficient (Wildman–Crippen LogP) is 23.0. The Morgan fingerprint density at radius 1 is 0.267 bits per heavy atom. The zero-order chi connectivity index (χ0) is 54.3. The molecule has 0 aromatic rings. The Kier molecular flexibility index (Phi) is 62.6. The lowest BCUT2D eigenvalue weighted by molar-refractivity contribution is -0.167.